The van der Waals surface area contributed by atoms with Gasteiger partial charge in [0, 0.05) is 24.3 Å². The quantitative estimate of drug-likeness (QED) is 0.768. The second-order valence-electron chi connectivity index (χ2n) is 5.53. The number of anilines is 1. The monoisotopic (exact) mass is 315 g/mol. The molecule has 0 bridgehead atoms. The number of amides is 1. The molecular weight excluding hydrogens is 298 g/mol. The Labute approximate surface area is 132 Å². The van der Waals surface area contributed by atoms with Crippen molar-refractivity contribution >= 4 is 17.6 Å². The van der Waals surface area contributed by atoms with Gasteiger partial charge in [-0.05, 0) is 25.0 Å². The number of aromatic amines is 1. The lowest BCUT2D eigenvalue weighted by Gasteiger charge is -2.32. The molecule has 120 valence electrons. The first kappa shape index (κ1) is 15.0. The number of rotatable bonds is 4. The minimum absolute atomic E-state index is 0.111. The van der Waals surface area contributed by atoms with Gasteiger partial charge in [0.05, 0.1) is 5.92 Å². The Morgan fingerprint density at radius 2 is 1.83 bits per heavy atom. The van der Waals surface area contributed by atoms with Crippen LogP contribution in [0.2, 0.25) is 0 Å². The summed E-state index contributed by atoms with van der Waals surface area (Å²) in [5.74, 6) is -1.60. The molecular formula is C15H17N5O3. The van der Waals surface area contributed by atoms with Crippen molar-refractivity contribution in [2.75, 3.05) is 18.0 Å². The van der Waals surface area contributed by atoms with Crippen molar-refractivity contribution in [3.63, 3.8) is 0 Å². The molecule has 4 N–H and O–H groups in total. The van der Waals surface area contributed by atoms with E-state index in [1.807, 2.05) is 24.3 Å². The number of nitrogens with one attached hydrogen (secondary N) is 1. The van der Waals surface area contributed by atoms with Gasteiger partial charge in [0.15, 0.2) is 5.69 Å². The van der Waals surface area contributed by atoms with Gasteiger partial charge in [0.2, 0.25) is 0 Å². The fourth-order valence-corrected chi connectivity index (χ4v) is 2.82. The summed E-state index contributed by atoms with van der Waals surface area (Å²) in [4.78, 5) is 24.4. The second-order valence-corrected chi connectivity index (χ2v) is 5.53. The lowest BCUT2D eigenvalue weighted by molar-refractivity contribution is -0.142. The van der Waals surface area contributed by atoms with Crippen molar-refractivity contribution in [3.05, 3.63) is 30.0 Å². The molecule has 8 heteroatoms. The molecule has 2 aromatic rings. The van der Waals surface area contributed by atoms with Crippen molar-refractivity contribution in [3.8, 4) is 11.3 Å². The first-order valence-corrected chi connectivity index (χ1v) is 7.35. The normalized spacial score (nSPS) is 15.6. The molecule has 3 rings (SSSR count). The number of hydrogen-bond acceptors (Lipinski definition) is 5. The molecule has 1 aliphatic heterocycles. The number of carboxylic acids is 1. The van der Waals surface area contributed by atoms with Gasteiger partial charge in [0.25, 0.3) is 5.91 Å². The number of nitrogens with two attached hydrogens (primary N) is 1. The van der Waals surface area contributed by atoms with Gasteiger partial charge in [-0.1, -0.05) is 12.1 Å². The van der Waals surface area contributed by atoms with E-state index in [0.717, 1.165) is 11.3 Å². The van der Waals surface area contributed by atoms with Crippen LogP contribution < -0.4 is 10.6 Å². The smallest absolute Gasteiger partial charge is 0.306 e. The Balaban J connectivity index is 1.74. The van der Waals surface area contributed by atoms with E-state index in [1.165, 1.54) is 0 Å². The largest absolute Gasteiger partial charge is 0.481 e. The minimum atomic E-state index is -0.718. The van der Waals surface area contributed by atoms with Crippen molar-refractivity contribution < 1.29 is 14.7 Å². The van der Waals surface area contributed by atoms with Crippen LogP contribution in [-0.4, -0.2) is 45.5 Å². The summed E-state index contributed by atoms with van der Waals surface area (Å²) in [7, 11) is 0. The highest BCUT2D eigenvalue weighted by Crippen LogP contribution is 2.26. The van der Waals surface area contributed by atoms with Crippen molar-refractivity contribution in [1.82, 2.24) is 15.4 Å². The van der Waals surface area contributed by atoms with E-state index in [9.17, 15) is 9.59 Å². The topological polar surface area (TPSA) is 125 Å². The SMILES string of the molecule is NC(=O)c1n[nH]nc1-c1ccc(N2CCC(C(=O)O)CC2)cc1. The van der Waals surface area contributed by atoms with E-state index < -0.39 is 11.9 Å². The van der Waals surface area contributed by atoms with Crippen LogP contribution in [0, 0.1) is 5.92 Å². The van der Waals surface area contributed by atoms with E-state index in [0.29, 0.717) is 31.6 Å². The third-order valence-electron chi connectivity index (χ3n) is 4.13. The Kier molecular flexibility index (Phi) is 3.96. The summed E-state index contributed by atoms with van der Waals surface area (Å²) in [6.07, 6.45) is 1.29. The maximum atomic E-state index is 11.3. The van der Waals surface area contributed by atoms with E-state index in [2.05, 4.69) is 20.3 Å². The average Bonchev–Trinajstić information content (AvgIpc) is 3.05. The van der Waals surface area contributed by atoms with Gasteiger partial charge >= 0.3 is 5.97 Å². The molecule has 0 atom stereocenters. The molecule has 0 aliphatic carbocycles. The highest BCUT2D eigenvalue weighted by atomic mass is 16.4. The van der Waals surface area contributed by atoms with Crippen LogP contribution in [0.5, 0.6) is 0 Å². The lowest BCUT2D eigenvalue weighted by Crippen LogP contribution is -2.36. The summed E-state index contributed by atoms with van der Waals surface area (Å²) < 4.78 is 0. The van der Waals surface area contributed by atoms with Crippen molar-refractivity contribution in [1.29, 1.82) is 0 Å². The first-order chi connectivity index (χ1) is 11.1. The molecule has 0 saturated carbocycles. The van der Waals surface area contributed by atoms with Gasteiger partial charge in [-0.15, -0.1) is 0 Å². The molecule has 1 aliphatic rings. The number of hydrogen-bond donors (Lipinski definition) is 3. The van der Waals surface area contributed by atoms with Crippen molar-refractivity contribution in [2.24, 2.45) is 11.7 Å². The van der Waals surface area contributed by atoms with Gasteiger partial charge in [-0.3, -0.25) is 9.59 Å². The van der Waals surface area contributed by atoms with Gasteiger partial charge in [0.1, 0.15) is 5.69 Å². The highest BCUT2D eigenvalue weighted by molar-refractivity contribution is 5.96. The maximum Gasteiger partial charge on any atom is 0.306 e. The number of aliphatic carboxylic acids is 1. The Bertz CT molecular complexity index is 717. The summed E-state index contributed by atoms with van der Waals surface area (Å²) in [6, 6.07) is 7.55. The molecule has 23 heavy (non-hydrogen) atoms. The number of benzene rings is 1. The fourth-order valence-electron chi connectivity index (χ4n) is 2.82. The number of carbonyl (C=O) groups excluding carboxylic acids is 1. The maximum absolute atomic E-state index is 11.3. The fraction of sp³-hybridized carbons (Fsp3) is 0.333. The van der Waals surface area contributed by atoms with Crippen LogP contribution in [-0.2, 0) is 4.79 Å². The summed E-state index contributed by atoms with van der Waals surface area (Å²) in [5.41, 5.74) is 7.56. The van der Waals surface area contributed by atoms with Gasteiger partial charge in [-0.2, -0.15) is 15.4 Å². The second kappa shape index (κ2) is 6.07. The van der Waals surface area contributed by atoms with Crippen LogP contribution in [0.4, 0.5) is 5.69 Å². The molecule has 0 spiro atoms. The molecule has 1 aromatic heterocycles. The average molecular weight is 315 g/mol. The van der Waals surface area contributed by atoms with Gasteiger partial charge < -0.3 is 15.7 Å². The zero-order valence-corrected chi connectivity index (χ0v) is 12.4. The Morgan fingerprint density at radius 1 is 1.17 bits per heavy atom. The minimum Gasteiger partial charge on any atom is -0.481 e. The molecule has 1 aromatic carbocycles. The van der Waals surface area contributed by atoms with E-state index >= 15 is 0 Å². The third-order valence-corrected chi connectivity index (χ3v) is 4.13. The summed E-state index contributed by atoms with van der Waals surface area (Å²) in [5, 5.41) is 19.2. The van der Waals surface area contributed by atoms with Crippen LogP contribution in [0.25, 0.3) is 11.3 Å². The number of nitrogens with zero attached hydrogens (tertiary/aromatic N) is 3. The van der Waals surface area contributed by atoms with Crippen LogP contribution in [0.3, 0.4) is 0 Å². The third kappa shape index (κ3) is 3.01. The molecule has 0 radical (unpaired) electrons. The van der Waals surface area contributed by atoms with Crippen LogP contribution >= 0.6 is 0 Å². The molecule has 1 saturated heterocycles. The predicted molar refractivity (Wildman–Crippen MR) is 82.9 cm³/mol. The number of piperidine rings is 1. The lowest BCUT2D eigenvalue weighted by atomic mass is 9.96. The Hall–Kier alpha value is -2.90. The van der Waals surface area contributed by atoms with Crippen LogP contribution in [0.15, 0.2) is 24.3 Å². The zero-order valence-electron chi connectivity index (χ0n) is 12.4. The van der Waals surface area contributed by atoms with Crippen molar-refractivity contribution in [2.45, 2.75) is 12.8 Å². The summed E-state index contributed by atoms with van der Waals surface area (Å²) in [6.45, 7) is 1.43. The highest BCUT2D eigenvalue weighted by Gasteiger charge is 2.24. The molecule has 2 heterocycles. The van der Waals surface area contributed by atoms with E-state index in [-0.39, 0.29) is 11.6 Å². The standard InChI is InChI=1S/C15H17N5O3/c16-14(21)13-12(17-19-18-13)9-1-3-11(4-2-9)20-7-5-10(6-8-20)15(22)23/h1-4,10H,5-8H2,(H2,16,21)(H,22,23)(H,17,18,19). The molecule has 1 fully saturated rings. The Morgan fingerprint density at radius 3 is 2.39 bits per heavy atom. The predicted octanol–water partition coefficient (Wildman–Crippen LogP) is 0.872. The zero-order chi connectivity index (χ0) is 16.4. The van der Waals surface area contributed by atoms with Crippen LogP contribution in [0.1, 0.15) is 23.3 Å². The summed E-state index contributed by atoms with van der Waals surface area (Å²) >= 11 is 0. The molecule has 0 unspecified atom stereocenters. The van der Waals surface area contributed by atoms with E-state index in [1.54, 1.807) is 0 Å². The first-order valence-electron chi connectivity index (χ1n) is 7.35. The number of H-pyrrole nitrogens is 1. The number of aromatic nitrogens is 3. The number of carboxylic acid groups (broad SMARTS) is 1. The van der Waals surface area contributed by atoms with E-state index in [4.69, 9.17) is 10.8 Å². The number of carbonyl (C=O) groups is 2. The molecule has 8 nitrogen and oxygen atoms in total. The number of primary amides is 1. The van der Waals surface area contributed by atoms with Gasteiger partial charge in [-0.25, -0.2) is 0 Å². The molecule has 1 amide bonds.